The highest BCUT2D eigenvalue weighted by atomic mass is 79.9. The van der Waals surface area contributed by atoms with Crippen molar-refractivity contribution in [1.29, 1.82) is 0 Å². The lowest BCUT2D eigenvalue weighted by Gasteiger charge is -2.36. The molecule has 0 aromatic heterocycles. The Kier molecular flexibility index (Phi) is 7.29. The molecule has 27 heavy (non-hydrogen) atoms. The maximum Gasteiger partial charge on any atom is 0.410 e. The second kappa shape index (κ2) is 8.89. The minimum atomic E-state index is -3.94. The fourth-order valence-corrected chi connectivity index (χ4v) is 4.04. The third-order valence-corrected chi connectivity index (χ3v) is 5.79. The molecule has 7 nitrogen and oxygen atoms in total. The van der Waals surface area contributed by atoms with Crippen LogP contribution in [0, 0.1) is 0 Å². The first-order valence-corrected chi connectivity index (χ1v) is 11.0. The van der Waals surface area contributed by atoms with Crippen LogP contribution in [0.5, 0.6) is 0 Å². The molecule has 0 radical (unpaired) electrons. The summed E-state index contributed by atoms with van der Waals surface area (Å²) >= 11 is 3.28. The molecule has 0 aliphatic carbocycles. The molecule has 1 amide bonds. The molecule has 1 heterocycles. The summed E-state index contributed by atoms with van der Waals surface area (Å²) in [5.41, 5.74) is -0.601. The molecule has 1 saturated heterocycles. The molecule has 152 valence electrons. The van der Waals surface area contributed by atoms with Crippen molar-refractivity contribution in [2.45, 2.75) is 56.8 Å². The van der Waals surface area contributed by atoms with Crippen LogP contribution in [-0.2, 0) is 23.8 Å². The molecule has 1 aromatic rings. The molecule has 1 aliphatic rings. The average Bonchev–Trinajstić information content (AvgIpc) is 2.59. The standard InChI is InChI=1S/C18H26BrNO6S/c1-5-15(26-27(22,23)14-8-6-13(19)7-9-14)16-12-20(10-11-24-16)17(21)25-18(2,3)4/h6-9,15-16H,5,10-12H2,1-4H3/t15-,16+/m1/s1. The number of morpholine rings is 1. The first kappa shape index (κ1) is 22.1. The Labute approximate surface area is 169 Å². The Balaban J connectivity index is 2.07. The van der Waals surface area contributed by atoms with E-state index in [1.807, 2.05) is 6.92 Å². The van der Waals surface area contributed by atoms with Gasteiger partial charge in [0.25, 0.3) is 10.1 Å². The highest BCUT2D eigenvalue weighted by Gasteiger charge is 2.35. The van der Waals surface area contributed by atoms with E-state index in [1.54, 1.807) is 32.9 Å². The zero-order valence-electron chi connectivity index (χ0n) is 16.0. The van der Waals surface area contributed by atoms with E-state index in [0.29, 0.717) is 19.6 Å². The fraction of sp³-hybridized carbons (Fsp3) is 0.611. The number of halogens is 1. The summed E-state index contributed by atoms with van der Waals surface area (Å²) in [6, 6.07) is 6.22. The summed E-state index contributed by atoms with van der Waals surface area (Å²) in [5.74, 6) is 0. The highest BCUT2D eigenvalue weighted by Crippen LogP contribution is 2.23. The molecule has 0 bridgehead atoms. The predicted molar refractivity (Wildman–Crippen MR) is 104 cm³/mol. The molecule has 2 atom stereocenters. The van der Waals surface area contributed by atoms with E-state index in [9.17, 15) is 13.2 Å². The van der Waals surface area contributed by atoms with E-state index in [0.717, 1.165) is 4.47 Å². The van der Waals surface area contributed by atoms with Crippen molar-refractivity contribution in [3.8, 4) is 0 Å². The van der Waals surface area contributed by atoms with E-state index >= 15 is 0 Å². The summed E-state index contributed by atoms with van der Waals surface area (Å²) < 4.78 is 42.4. The van der Waals surface area contributed by atoms with Crippen LogP contribution < -0.4 is 0 Å². The lowest BCUT2D eigenvalue weighted by molar-refractivity contribution is -0.0815. The second-order valence-electron chi connectivity index (χ2n) is 7.29. The predicted octanol–water partition coefficient (Wildman–Crippen LogP) is 3.57. The number of ether oxygens (including phenoxy) is 2. The van der Waals surface area contributed by atoms with Gasteiger partial charge in [0.2, 0.25) is 0 Å². The Hall–Kier alpha value is -1.16. The van der Waals surface area contributed by atoms with Gasteiger partial charge >= 0.3 is 6.09 Å². The van der Waals surface area contributed by atoms with Gasteiger partial charge < -0.3 is 14.4 Å². The first-order valence-electron chi connectivity index (χ1n) is 8.80. The molecule has 9 heteroatoms. The molecule has 1 aliphatic heterocycles. The van der Waals surface area contributed by atoms with E-state index < -0.39 is 34.0 Å². The van der Waals surface area contributed by atoms with Gasteiger partial charge in [0.1, 0.15) is 17.8 Å². The first-order chi connectivity index (χ1) is 12.5. The van der Waals surface area contributed by atoms with Gasteiger partial charge in [-0.25, -0.2) is 4.79 Å². The number of nitrogens with zero attached hydrogens (tertiary/aromatic N) is 1. The van der Waals surface area contributed by atoms with Crippen LogP contribution in [0.15, 0.2) is 33.6 Å². The molecule has 1 aromatic carbocycles. The molecular formula is C18H26BrNO6S. The zero-order chi connectivity index (χ0) is 20.2. The topological polar surface area (TPSA) is 82.1 Å². The minimum absolute atomic E-state index is 0.0731. The van der Waals surface area contributed by atoms with Crippen LogP contribution in [0.2, 0.25) is 0 Å². The van der Waals surface area contributed by atoms with Crippen LogP contribution in [0.25, 0.3) is 0 Å². The SMILES string of the molecule is CC[C@@H](OS(=O)(=O)c1ccc(Br)cc1)[C@@H]1CN(C(=O)OC(C)(C)C)CCO1. The lowest BCUT2D eigenvalue weighted by atomic mass is 10.1. The molecule has 0 saturated carbocycles. The van der Waals surface area contributed by atoms with Gasteiger partial charge in [0.15, 0.2) is 0 Å². The highest BCUT2D eigenvalue weighted by molar-refractivity contribution is 9.10. The van der Waals surface area contributed by atoms with Crippen molar-refractivity contribution in [1.82, 2.24) is 4.90 Å². The Morgan fingerprint density at radius 1 is 1.33 bits per heavy atom. The van der Waals surface area contributed by atoms with Crippen molar-refractivity contribution < 1.29 is 26.9 Å². The molecule has 0 unspecified atom stereocenters. The molecular weight excluding hydrogens is 438 g/mol. The van der Waals surface area contributed by atoms with E-state index in [2.05, 4.69) is 15.9 Å². The van der Waals surface area contributed by atoms with Gasteiger partial charge in [0.05, 0.1) is 18.0 Å². The lowest BCUT2D eigenvalue weighted by Crippen LogP contribution is -2.51. The van der Waals surface area contributed by atoms with E-state index in [4.69, 9.17) is 13.7 Å². The number of amides is 1. The quantitative estimate of drug-likeness (QED) is 0.620. The third kappa shape index (κ3) is 6.44. The number of carbonyl (C=O) groups excluding carboxylic acids is 1. The van der Waals surface area contributed by atoms with Crippen molar-refractivity contribution >= 4 is 32.1 Å². The van der Waals surface area contributed by atoms with Gasteiger partial charge in [-0.1, -0.05) is 22.9 Å². The maximum atomic E-state index is 12.6. The molecule has 0 N–H and O–H groups in total. The fourth-order valence-electron chi connectivity index (χ4n) is 2.61. The van der Waals surface area contributed by atoms with Crippen LogP contribution in [0.4, 0.5) is 4.79 Å². The van der Waals surface area contributed by atoms with Crippen molar-refractivity contribution in [2.75, 3.05) is 19.7 Å². The molecule has 2 rings (SSSR count). The van der Waals surface area contributed by atoms with Crippen molar-refractivity contribution in [2.24, 2.45) is 0 Å². The molecule has 0 spiro atoms. The number of benzene rings is 1. The summed E-state index contributed by atoms with van der Waals surface area (Å²) in [5, 5.41) is 0. The zero-order valence-corrected chi connectivity index (χ0v) is 18.4. The van der Waals surface area contributed by atoms with Crippen LogP contribution in [-0.4, -0.2) is 56.9 Å². The van der Waals surface area contributed by atoms with Gasteiger partial charge in [0, 0.05) is 11.0 Å². The smallest absolute Gasteiger partial charge is 0.410 e. The van der Waals surface area contributed by atoms with Gasteiger partial charge in [-0.3, -0.25) is 4.18 Å². The van der Waals surface area contributed by atoms with Crippen LogP contribution in [0.1, 0.15) is 34.1 Å². The average molecular weight is 464 g/mol. The summed E-state index contributed by atoms with van der Waals surface area (Å²) in [6.45, 7) is 8.10. The monoisotopic (exact) mass is 463 g/mol. The number of carbonyl (C=O) groups is 1. The second-order valence-corrected chi connectivity index (χ2v) is 9.77. The number of hydrogen-bond donors (Lipinski definition) is 0. The summed E-state index contributed by atoms with van der Waals surface area (Å²) in [7, 11) is -3.94. The maximum absolute atomic E-state index is 12.6. The van der Waals surface area contributed by atoms with Gasteiger partial charge in [-0.15, -0.1) is 0 Å². The van der Waals surface area contributed by atoms with E-state index in [1.165, 1.54) is 17.0 Å². The van der Waals surface area contributed by atoms with Crippen LogP contribution in [0.3, 0.4) is 0 Å². The van der Waals surface area contributed by atoms with E-state index in [-0.39, 0.29) is 11.4 Å². The minimum Gasteiger partial charge on any atom is -0.444 e. The third-order valence-electron chi connectivity index (χ3n) is 3.91. The number of hydrogen-bond acceptors (Lipinski definition) is 6. The Morgan fingerprint density at radius 3 is 2.52 bits per heavy atom. The van der Waals surface area contributed by atoms with Gasteiger partial charge in [-0.05, 0) is 51.5 Å². The summed E-state index contributed by atoms with van der Waals surface area (Å²) in [4.78, 5) is 13.9. The van der Waals surface area contributed by atoms with Crippen molar-refractivity contribution in [3.05, 3.63) is 28.7 Å². The van der Waals surface area contributed by atoms with Gasteiger partial charge in [-0.2, -0.15) is 8.42 Å². The largest absolute Gasteiger partial charge is 0.444 e. The molecule has 1 fully saturated rings. The Morgan fingerprint density at radius 2 is 1.96 bits per heavy atom. The number of rotatable bonds is 5. The normalized spacial score (nSPS) is 19.6. The van der Waals surface area contributed by atoms with Crippen LogP contribution >= 0.6 is 15.9 Å². The van der Waals surface area contributed by atoms with Crippen molar-refractivity contribution in [3.63, 3.8) is 0 Å². The summed E-state index contributed by atoms with van der Waals surface area (Å²) in [6.07, 6.45) is -1.28. The Bertz CT molecular complexity index is 744.